The Morgan fingerprint density at radius 3 is 2.38 bits per heavy atom. The Bertz CT molecular complexity index is 1790. The van der Waals surface area contributed by atoms with Gasteiger partial charge in [-0.3, -0.25) is 23.7 Å². The molecule has 42 heavy (non-hydrogen) atoms. The number of carbonyl (C=O) groups excluding carboxylic acids is 1. The second-order valence-electron chi connectivity index (χ2n) is 11.1. The van der Waals surface area contributed by atoms with Crippen molar-refractivity contribution in [2.75, 3.05) is 0 Å². The van der Waals surface area contributed by atoms with Gasteiger partial charge in [0.1, 0.15) is 17.1 Å². The Morgan fingerprint density at radius 2 is 1.64 bits per heavy atom. The monoisotopic (exact) mass is 579 g/mol. The maximum Gasteiger partial charge on any atom is 0.171 e. The molecule has 7 rings (SSSR count). The van der Waals surface area contributed by atoms with Gasteiger partial charge >= 0.3 is 0 Å². The summed E-state index contributed by atoms with van der Waals surface area (Å²) in [7, 11) is 0. The molecule has 5 aromatic rings. The van der Waals surface area contributed by atoms with Crippen molar-refractivity contribution >= 4 is 23.6 Å². The van der Waals surface area contributed by atoms with Crippen molar-refractivity contribution in [2.45, 2.75) is 64.1 Å². The summed E-state index contributed by atoms with van der Waals surface area (Å²) in [4.78, 5) is 16.1. The molecule has 212 valence electrons. The summed E-state index contributed by atoms with van der Waals surface area (Å²) in [5, 5.41) is 22.1. The quantitative estimate of drug-likeness (QED) is 0.157. The first-order chi connectivity index (χ1) is 20.5. The molecule has 3 aromatic heterocycles. The number of aliphatic imine (C=N–C) groups is 1. The molecule has 1 aliphatic heterocycles. The molecule has 2 aromatic carbocycles. The maximum absolute atomic E-state index is 10.8. The number of carbonyl (C=O) groups is 1. The lowest BCUT2D eigenvalue weighted by molar-refractivity contribution is 0.111. The molecule has 0 amide bonds. The Balaban J connectivity index is 1.10. The first kappa shape index (κ1) is 26.5. The summed E-state index contributed by atoms with van der Waals surface area (Å²) >= 11 is 6.24. The van der Waals surface area contributed by atoms with Crippen molar-refractivity contribution in [3.63, 3.8) is 0 Å². The van der Waals surface area contributed by atoms with E-state index in [1.807, 2.05) is 42.1 Å². The third kappa shape index (κ3) is 4.96. The number of aryl methyl sites for hydroxylation is 3. The summed E-state index contributed by atoms with van der Waals surface area (Å²) in [5.41, 5.74) is 6.25. The van der Waals surface area contributed by atoms with E-state index in [9.17, 15) is 4.79 Å². The average molecular weight is 580 g/mol. The Kier molecular flexibility index (Phi) is 6.78. The van der Waals surface area contributed by atoms with Crippen LogP contribution in [-0.2, 0) is 18.6 Å². The highest BCUT2D eigenvalue weighted by atomic mass is 35.5. The van der Waals surface area contributed by atoms with E-state index in [0.717, 1.165) is 103 Å². The van der Waals surface area contributed by atoms with Crippen LogP contribution in [0.2, 0.25) is 5.02 Å². The normalized spacial score (nSPS) is 14.8. The van der Waals surface area contributed by atoms with Crippen molar-refractivity contribution in [3.05, 3.63) is 94.5 Å². The topological polar surface area (TPSA) is 109 Å². The van der Waals surface area contributed by atoms with Crippen molar-refractivity contribution < 1.29 is 4.79 Å². The summed E-state index contributed by atoms with van der Waals surface area (Å²) in [6.45, 7) is 3.62. The number of aldehydes is 1. The number of nitrogens with zero attached hydrogens (tertiary/aromatic N) is 9. The van der Waals surface area contributed by atoms with Crippen LogP contribution in [0.25, 0.3) is 16.8 Å². The number of hydrogen-bond acceptors (Lipinski definition) is 7. The summed E-state index contributed by atoms with van der Waals surface area (Å²) < 4.78 is 5.92. The van der Waals surface area contributed by atoms with Gasteiger partial charge in [-0.2, -0.15) is 5.10 Å². The fraction of sp³-hybridized carbons (Fsp3) is 0.323. The van der Waals surface area contributed by atoms with E-state index in [1.165, 1.54) is 0 Å². The number of aromatic nitrogens is 8. The highest BCUT2D eigenvalue weighted by Crippen LogP contribution is 2.51. The van der Waals surface area contributed by atoms with Crippen LogP contribution in [0.3, 0.4) is 0 Å². The Morgan fingerprint density at radius 1 is 0.881 bits per heavy atom. The number of fused-ring (bicyclic) bond motifs is 4. The fourth-order valence-corrected chi connectivity index (χ4v) is 5.80. The van der Waals surface area contributed by atoms with E-state index in [-0.39, 0.29) is 5.54 Å². The third-order valence-electron chi connectivity index (χ3n) is 8.07. The van der Waals surface area contributed by atoms with E-state index < -0.39 is 0 Å². The third-order valence-corrected chi connectivity index (χ3v) is 8.32. The lowest BCUT2D eigenvalue weighted by Gasteiger charge is -2.14. The van der Waals surface area contributed by atoms with Crippen LogP contribution in [0.1, 0.15) is 71.8 Å². The largest absolute Gasteiger partial charge is 0.296 e. The maximum atomic E-state index is 10.8. The van der Waals surface area contributed by atoms with E-state index in [4.69, 9.17) is 16.6 Å². The highest BCUT2D eigenvalue weighted by molar-refractivity contribution is 6.30. The number of unbranched alkanes of at least 4 members (excludes halogenated alkanes) is 3. The molecule has 4 heterocycles. The molecule has 10 nitrogen and oxygen atoms in total. The molecular weight excluding hydrogens is 550 g/mol. The van der Waals surface area contributed by atoms with Crippen LogP contribution in [0, 0.1) is 6.92 Å². The molecule has 0 unspecified atom stereocenters. The van der Waals surface area contributed by atoms with Gasteiger partial charge in [-0.15, -0.1) is 15.3 Å². The average Bonchev–Trinajstić information content (AvgIpc) is 3.30. The molecule has 0 atom stereocenters. The lowest BCUT2D eigenvalue weighted by Crippen LogP contribution is -2.11. The summed E-state index contributed by atoms with van der Waals surface area (Å²) in [6.07, 6.45) is 12.6. The van der Waals surface area contributed by atoms with Gasteiger partial charge in [-0.05, 0) is 62.4 Å². The van der Waals surface area contributed by atoms with E-state index in [0.29, 0.717) is 10.7 Å². The van der Waals surface area contributed by atoms with Crippen molar-refractivity contribution in [2.24, 2.45) is 4.99 Å². The van der Waals surface area contributed by atoms with Gasteiger partial charge in [0.05, 0.1) is 23.8 Å². The molecule has 1 saturated carbocycles. The Hall–Kier alpha value is -4.44. The molecule has 1 spiro atoms. The van der Waals surface area contributed by atoms with Crippen molar-refractivity contribution in [1.29, 1.82) is 0 Å². The molecular formula is C31H30ClN9O. The van der Waals surface area contributed by atoms with Crippen LogP contribution in [0.15, 0.2) is 66.0 Å². The zero-order valence-electron chi connectivity index (χ0n) is 23.3. The SMILES string of the molecule is Cc1nnc2n1-c1ccc(-c3cnn(CCCCCCn4cc(C=O)nn4)c3)cc1C(c1ccc(Cl)cc1)=NC21CC1. The van der Waals surface area contributed by atoms with E-state index >= 15 is 0 Å². The first-order valence-corrected chi connectivity index (χ1v) is 14.7. The smallest absolute Gasteiger partial charge is 0.171 e. The summed E-state index contributed by atoms with van der Waals surface area (Å²) in [5.74, 6) is 1.77. The summed E-state index contributed by atoms with van der Waals surface area (Å²) in [6, 6.07) is 14.4. The van der Waals surface area contributed by atoms with Crippen LogP contribution in [0.5, 0.6) is 0 Å². The molecule has 0 bridgehead atoms. The minimum absolute atomic E-state index is 0.339. The predicted molar refractivity (Wildman–Crippen MR) is 159 cm³/mol. The molecule has 1 aliphatic carbocycles. The minimum atomic E-state index is -0.339. The molecule has 2 aliphatic rings. The van der Waals surface area contributed by atoms with Gasteiger partial charge in [0.2, 0.25) is 0 Å². The van der Waals surface area contributed by atoms with Gasteiger partial charge in [0, 0.05) is 41.0 Å². The zero-order chi connectivity index (χ0) is 28.7. The van der Waals surface area contributed by atoms with E-state index in [2.05, 4.69) is 54.6 Å². The fourth-order valence-electron chi connectivity index (χ4n) is 5.67. The zero-order valence-corrected chi connectivity index (χ0v) is 24.1. The van der Waals surface area contributed by atoms with Crippen LogP contribution >= 0.6 is 11.6 Å². The highest BCUT2D eigenvalue weighted by Gasteiger charge is 2.51. The second-order valence-corrected chi connectivity index (χ2v) is 11.5. The predicted octanol–water partition coefficient (Wildman–Crippen LogP) is 5.60. The number of halogens is 1. The van der Waals surface area contributed by atoms with Crippen molar-refractivity contribution in [1.82, 2.24) is 39.5 Å². The van der Waals surface area contributed by atoms with Crippen molar-refractivity contribution in [3.8, 4) is 16.8 Å². The standard InChI is InChI=1S/C31H30ClN9O/c1-21-35-37-30-31(12-13-31)34-29(22-6-9-25(32)10-7-22)27-16-23(8-11-28(27)41(21)30)24-17-33-39(18-24)14-4-2-3-5-15-40-19-26(20-42)36-38-40/h6-11,16-20H,2-5,12-15H2,1H3. The minimum Gasteiger partial charge on any atom is -0.296 e. The van der Waals surface area contributed by atoms with E-state index in [1.54, 1.807) is 10.9 Å². The number of benzene rings is 2. The molecule has 0 N–H and O–H groups in total. The molecule has 0 radical (unpaired) electrons. The number of hydrogen-bond donors (Lipinski definition) is 0. The van der Waals surface area contributed by atoms with Gasteiger partial charge in [0.15, 0.2) is 12.1 Å². The molecule has 1 fully saturated rings. The van der Waals surface area contributed by atoms with Gasteiger partial charge in [-0.1, -0.05) is 47.9 Å². The van der Waals surface area contributed by atoms with Gasteiger partial charge in [0.25, 0.3) is 0 Å². The Labute approximate surface area is 248 Å². The molecule has 11 heteroatoms. The lowest BCUT2D eigenvalue weighted by atomic mass is 9.96. The van der Waals surface area contributed by atoms with Crippen LogP contribution in [-0.4, -0.2) is 51.5 Å². The van der Waals surface area contributed by atoms with Crippen LogP contribution in [0.4, 0.5) is 0 Å². The van der Waals surface area contributed by atoms with Gasteiger partial charge < -0.3 is 0 Å². The first-order valence-electron chi connectivity index (χ1n) is 14.3. The molecule has 0 saturated heterocycles. The van der Waals surface area contributed by atoms with Crippen LogP contribution < -0.4 is 0 Å². The number of rotatable bonds is 10. The van der Waals surface area contributed by atoms with Gasteiger partial charge in [-0.25, -0.2) is 0 Å². The second kappa shape index (κ2) is 10.8.